The molecule has 1 aromatic carbocycles. The van der Waals surface area contributed by atoms with Crippen molar-refractivity contribution >= 4 is 5.69 Å². The summed E-state index contributed by atoms with van der Waals surface area (Å²) in [7, 11) is 3.95. The van der Waals surface area contributed by atoms with Crippen LogP contribution in [0.2, 0.25) is 0 Å². The molecule has 1 saturated heterocycles. The van der Waals surface area contributed by atoms with Gasteiger partial charge in [-0.1, -0.05) is 18.2 Å². The monoisotopic (exact) mass is 316 g/mol. The topological polar surface area (TPSA) is 26.7 Å². The Morgan fingerprint density at radius 1 is 1.23 bits per heavy atom. The molecule has 0 spiro atoms. The number of piperidine rings is 1. The van der Waals surface area contributed by atoms with Crippen LogP contribution in [0.4, 0.5) is 18.9 Å². The Balaban J connectivity index is 1.93. The van der Waals surface area contributed by atoms with E-state index in [4.69, 9.17) is 0 Å². The molecular formula is C16H23F3N2O. The van der Waals surface area contributed by atoms with Crippen molar-refractivity contribution in [1.82, 2.24) is 4.90 Å². The van der Waals surface area contributed by atoms with Crippen LogP contribution in [0.1, 0.15) is 18.4 Å². The van der Waals surface area contributed by atoms with Crippen LogP contribution < -0.4 is 4.90 Å². The van der Waals surface area contributed by atoms with Crippen LogP contribution >= 0.6 is 0 Å². The van der Waals surface area contributed by atoms with Gasteiger partial charge in [-0.15, -0.1) is 0 Å². The van der Waals surface area contributed by atoms with Gasteiger partial charge in [0, 0.05) is 26.3 Å². The first-order chi connectivity index (χ1) is 10.3. The summed E-state index contributed by atoms with van der Waals surface area (Å²) in [5.74, 6) is -0.680. The van der Waals surface area contributed by atoms with E-state index in [1.54, 1.807) is 0 Å². The Bertz CT molecular complexity index is 483. The summed E-state index contributed by atoms with van der Waals surface area (Å²) in [6.45, 7) is 1.89. The average molecular weight is 316 g/mol. The highest BCUT2D eigenvalue weighted by Crippen LogP contribution is 2.32. The number of para-hydroxylation sites is 1. The summed E-state index contributed by atoms with van der Waals surface area (Å²) < 4.78 is 37.7. The molecule has 0 bridgehead atoms. The molecule has 1 heterocycles. The lowest BCUT2D eigenvalue weighted by Crippen LogP contribution is -2.43. The predicted molar refractivity (Wildman–Crippen MR) is 80.8 cm³/mol. The second-order valence-electron chi connectivity index (χ2n) is 6.12. The molecule has 3 nitrogen and oxygen atoms in total. The Labute approximate surface area is 129 Å². The van der Waals surface area contributed by atoms with Crippen LogP contribution in [0.3, 0.4) is 0 Å². The second-order valence-corrected chi connectivity index (χ2v) is 6.12. The van der Waals surface area contributed by atoms with Gasteiger partial charge in [0.2, 0.25) is 0 Å². The lowest BCUT2D eigenvalue weighted by atomic mass is 9.90. The number of likely N-dealkylation sites (tertiary alicyclic amines) is 1. The molecule has 1 unspecified atom stereocenters. The Kier molecular flexibility index (Phi) is 5.34. The fourth-order valence-corrected chi connectivity index (χ4v) is 3.02. The quantitative estimate of drug-likeness (QED) is 0.925. The highest BCUT2D eigenvalue weighted by atomic mass is 19.4. The van der Waals surface area contributed by atoms with Gasteiger partial charge in [-0.25, -0.2) is 0 Å². The van der Waals surface area contributed by atoms with Crippen molar-refractivity contribution in [3.63, 3.8) is 0 Å². The highest BCUT2D eigenvalue weighted by Gasteiger charge is 2.44. The van der Waals surface area contributed by atoms with Gasteiger partial charge < -0.3 is 10.0 Å². The maximum atomic E-state index is 12.6. The van der Waals surface area contributed by atoms with Gasteiger partial charge in [-0.2, -0.15) is 13.2 Å². The molecular weight excluding hydrogens is 293 g/mol. The molecule has 0 amide bonds. The van der Waals surface area contributed by atoms with Crippen molar-refractivity contribution in [3.8, 4) is 0 Å². The maximum Gasteiger partial charge on any atom is 0.414 e. The number of halogens is 3. The van der Waals surface area contributed by atoms with Gasteiger partial charge in [0.25, 0.3) is 0 Å². The van der Waals surface area contributed by atoms with Gasteiger partial charge in [0.15, 0.2) is 6.10 Å². The molecule has 22 heavy (non-hydrogen) atoms. The van der Waals surface area contributed by atoms with E-state index in [9.17, 15) is 18.3 Å². The van der Waals surface area contributed by atoms with Crippen LogP contribution in [0.5, 0.6) is 0 Å². The fourth-order valence-electron chi connectivity index (χ4n) is 3.02. The summed E-state index contributed by atoms with van der Waals surface area (Å²) >= 11 is 0. The first-order valence-corrected chi connectivity index (χ1v) is 7.51. The zero-order valence-electron chi connectivity index (χ0n) is 13.0. The standard InChI is InChI=1S/C16H23F3N2O/c1-20(2)14-6-4-3-5-13(14)11-21-9-7-12(8-10-21)15(22)16(17,18)19/h3-6,12,15,22H,7-11H2,1-2H3. The van der Waals surface area contributed by atoms with Crippen molar-refractivity contribution < 1.29 is 18.3 Å². The van der Waals surface area contributed by atoms with E-state index in [1.807, 2.05) is 43.3 Å². The number of alkyl halides is 3. The van der Waals surface area contributed by atoms with Crippen LogP contribution in [0.15, 0.2) is 24.3 Å². The minimum atomic E-state index is -4.51. The highest BCUT2D eigenvalue weighted by molar-refractivity contribution is 5.52. The molecule has 0 radical (unpaired) electrons. The number of hydrogen-bond acceptors (Lipinski definition) is 3. The largest absolute Gasteiger partial charge is 0.414 e. The Morgan fingerprint density at radius 3 is 2.36 bits per heavy atom. The normalized spacial score (nSPS) is 19.2. The molecule has 1 aliphatic heterocycles. The van der Waals surface area contributed by atoms with Crippen LogP contribution in [0, 0.1) is 5.92 Å². The zero-order valence-corrected chi connectivity index (χ0v) is 13.0. The smallest absolute Gasteiger partial charge is 0.383 e. The summed E-state index contributed by atoms with van der Waals surface area (Å²) in [5, 5.41) is 9.35. The summed E-state index contributed by atoms with van der Waals surface area (Å²) in [6, 6.07) is 8.04. The SMILES string of the molecule is CN(C)c1ccccc1CN1CCC(C(O)C(F)(F)F)CC1. The van der Waals surface area contributed by atoms with Crippen LogP contribution in [-0.4, -0.2) is 49.5 Å². The van der Waals surface area contributed by atoms with Crippen molar-refractivity contribution in [1.29, 1.82) is 0 Å². The Hall–Kier alpha value is -1.27. The maximum absolute atomic E-state index is 12.6. The molecule has 1 N–H and O–H groups in total. The van der Waals surface area contributed by atoms with E-state index in [0.29, 0.717) is 25.9 Å². The molecule has 0 aliphatic carbocycles. The molecule has 1 fully saturated rings. The van der Waals surface area contributed by atoms with Gasteiger partial charge in [-0.3, -0.25) is 4.90 Å². The lowest BCUT2D eigenvalue weighted by Gasteiger charge is -2.35. The molecule has 1 aromatic rings. The number of aliphatic hydroxyl groups is 1. The van der Waals surface area contributed by atoms with Gasteiger partial charge in [0.1, 0.15) is 0 Å². The van der Waals surface area contributed by atoms with Crippen molar-refractivity contribution in [3.05, 3.63) is 29.8 Å². The number of benzene rings is 1. The van der Waals surface area contributed by atoms with E-state index in [2.05, 4.69) is 4.90 Å². The third-order valence-electron chi connectivity index (χ3n) is 4.28. The zero-order chi connectivity index (χ0) is 16.3. The lowest BCUT2D eigenvalue weighted by molar-refractivity contribution is -0.223. The summed E-state index contributed by atoms with van der Waals surface area (Å²) in [4.78, 5) is 4.19. The van der Waals surface area contributed by atoms with E-state index in [-0.39, 0.29) is 0 Å². The minimum absolute atomic E-state index is 0.380. The van der Waals surface area contributed by atoms with Gasteiger partial charge >= 0.3 is 6.18 Å². The third kappa shape index (κ3) is 4.14. The fraction of sp³-hybridized carbons (Fsp3) is 0.625. The number of nitrogens with zero attached hydrogens (tertiary/aromatic N) is 2. The molecule has 0 aromatic heterocycles. The first kappa shape index (κ1) is 17.1. The number of anilines is 1. The van der Waals surface area contributed by atoms with E-state index < -0.39 is 18.2 Å². The second kappa shape index (κ2) is 6.87. The van der Waals surface area contributed by atoms with Crippen molar-refractivity contribution in [2.75, 3.05) is 32.1 Å². The third-order valence-corrected chi connectivity index (χ3v) is 4.28. The number of aliphatic hydroxyl groups excluding tert-OH is 1. The van der Waals surface area contributed by atoms with Gasteiger partial charge in [-0.05, 0) is 43.5 Å². The number of hydrogen-bond donors (Lipinski definition) is 1. The predicted octanol–water partition coefficient (Wildman–Crippen LogP) is 2.89. The summed E-state index contributed by atoms with van der Waals surface area (Å²) in [6.07, 6.45) is -5.94. The molecule has 124 valence electrons. The first-order valence-electron chi connectivity index (χ1n) is 7.51. The summed E-state index contributed by atoms with van der Waals surface area (Å²) in [5.41, 5.74) is 2.29. The molecule has 1 aliphatic rings. The van der Waals surface area contributed by atoms with Crippen molar-refractivity contribution in [2.45, 2.75) is 31.7 Å². The van der Waals surface area contributed by atoms with E-state index in [1.165, 1.54) is 5.56 Å². The van der Waals surface area contributed by atoms with Gasteiger partial charge in [0.05, 0.1) is 0 Å². The molecule has 0 saturated carbocycles. The van der Waals surface area contributed by atoms with E-state index in [0.717, 1.165) is 12.2 Å². The molecule has 6 heteroatoms. The number of rotatable bonds is 4. The van der Waals surface area contributed by atoms with E-state index >= 15 is 0 Å². The average Bonchev–Trinajstić information content (AvgIpc) is 2.46. The molecule has 1 atom stereocenters. The van der Waals surface area contributed by atoms with Crippen LogP contribution in [0.25, 0.3) is 0 Å². The Morgan fingerprint density at radius 2 is 1.82 bits per heavy atom. The molecule has 2 rings (SSSR count). The van der Waals surface area contributed by atoms with Crippen molar-refractivity contribution in [2.24, 2.45) is 5.92 Å². The van der Waals surface area contributed by atoms with Crippen LogP contribution in [-0.2, 0) is 6.54 Å². The minimum Gasteiger partial charge on any atom is -0.383 e.